The van der Waals surface area contributed by atoms with Crippen LogP contribution in [0.15, 0.2) is 72.9 Å². The van der Waals surface area contributed by atoms with Crippen molar-refractivity contribution in [2.24, 2.45) is 0 Å². The minimum absolute atomic E-state index is 0.107. The van der Waals surface area contributed by atoms with E-state index in [-0.39, 0.29) is 19.3 Å². The molecule has 0 aliphatic heterocycles. The number of rotatable bonds is 75. The van der Waals surface area contributed by atoms with Crippen molar-refractivity contribution >= 4 is 33.6 Å². The lowest BCUT2D eigenvalue weighted by Gasteiger charge is -2.21. The summed E-state index contributed by atoms with van der Waals surface area (Å²) in [6.07, 6.45) is 79.9. The van der Waals surface area contributed by atoms with Crippen molar-refractivity contribution in [3.05, 3.63) is 72.9 Å². The number of ether oxygens (including phenoxy) is 3. The number of allylic oxidation sites excluding steroid dienone is 12. The molecule has 0 aliphatic carbocycles. The minimum atomic E-state index is -4.92. The molecular weight excluding hydrogens is 1270 g/mol. The lowest BCUT2D eigenvalue weighted by molar-refractivity contribution is -0.161. The third kappa shape index (κ3) is 74.0. The van der Waals surface area contributed by atoms with Gasteiger partial charge in [-0.25, -0.2) is 9.13 Å². The molecule has 0 heterocycles. The molecule has 0 saturated heterocycles. The van der Waals surface area contributed by atoms with Gasteiger partial charge in [0.25, 0.3) is 0 Å². The van der Waals surface area contributed by atoms with Crippen LogP contribution in [0.2, 0.25) is 0 Å². The molecule has 0 bridgehead atoms. The van der Waals surface area contributed by atoms with Crippen LogP contribution in [0.1, 0.15) is 355 Å². The third-order valence-corrected chi connectivity index (χ3v) is 18.8. The number of hydrogen-bond acceptors (Lipinski definition) is 14. The second-order valence-electron chi connectivity index (χ2n) is 26.5. The van der Waals surface area contributed by atoms with Gasteiger partial charge < -0.3 is 34.2 Å². The summed E-state index contributed by atoms with van der Waals surface area (Å²) in [5.74, 6) is -1.57. The van der Waals surface area contributed by atoms with Gasteiger partial charge in [-0.05, 0) is 96.3 Å². The van der Waals surface area contributed by atoms with Crippen LogP contribution in [-0.2, 0) is 55.8 Å². The molecule has 0 aromatic rings. The van der Waals surface area contributed by atoms with Crippen LogP contribution in [0.3, 0.4) is 0 Å². The smallest absolute Gasteiger partial charge is 0.463 e. The van der Waals surface area contributed by atoms with Gasteiger partial charge >= 0.3 is 33.6 Å². The van der Waals surface area contributed by atoms with Crippen molar-refractivity contribution in [3.63, 3.8) is 0 Å². The molecule has 0 amide bonds. The lowest BCUT2D eigenvalue weighted by Crippen LogP contribution is -2.30. The van der Waals surface area contributed by atoms with E-state index in [0.717, 1.165) is 109 Å². The minimum Gasteiger partial charge on any atom is -0.463 e. The summed E-state index contributed by atoms with van der Waals surface area (Å²) >= 11 is 0. The van der Waals surface area contributed by atoms with E-state index in [9.17, 15) is 43.5 Å². The second-order valence-corrected chi connectivity index (χ2v) is 29.4. The number of unbranched alkanes of at least 4 members (excludes halogenated alkanes) is 40. The highest BCUT2D eigenvalue weighted by Crippen LogP contribution is 2.45. The van der Waals surface area contributed by atoms with Crippen LogP contribution in [0.4, 0.5) is 0 Å². The fourth-order valence-corrected chi connectivity index (χ4v) is 12.5. The molecule has 5 unspecified atom stereocenters. The predicted octanol–water partition coefficient (Wildman–Crippen LogP) is 22.7. The van der Waals surface area contributed by atoms with Gasteiger partial charge in [0.1, 0.15) is 25.4 Å². The number of hydrogen-bond donors (Lipinski definition) is 4. The summed E-state index contributed by atoms with van der Waals surface area (Å²) in [7, 11) is -9.76. The highest BCUT2D eigenvalue weighted by atomic mass is 31.2. The molecule has 0 spiro atoms. The quantitative estimate of drug-likeness (QED) is 0.0146. The maximum Gasteiger partial charge on any atom is 0.472 e. The first-order valence-corrected chi connectivity index (χ1v) is 42.2. The zero-order chi connectivity index (χ0) is 70.9. The maximum absolute atomic E-state index is 12.9. The van der Waals surface area contributed by atoms with Gasteiger partial charge in [0, 0.05) is 19.3 Å². The van der Waals surface area contributed by atoms with Crippen molar-refractivity contribution < 1.29 is 75.8 Å². The Kier molecular flexibility index (Phi) is 70.5. The average molecular weight is 1410 g/mol. The zero-order valence-electron chi connectivity index (χ0n) is 61.8. The first-order valence-electron chi connectivity index (χ1n) is 39.2. The summed E-state index contributed by atoms with van der Waals surface area (Å²) in [6.45, 7) is 2.64. The molecule has 0 radical (unpaired) electrons. The molecule has 566 valence electrons. The van der Waals surface area contributed by atoms with E-state index in [4.69, 9.17) is 32.3 Å². The molecule has 4 N–H and O–H groups in total. The summed E-state index contributed by atoms with van der Waals surface area (Å²) < 4.78 is 60.9. The standard InChI is InChI=1S/C79H144O16P2/c1-4-7-10-13-16-19-22-24-26-27-28-29-30-31-32-33-34-35-36-37-38-39-40-41-42-43-44-45-47-49-51-53-56-59-62-65-77(82)89-68-74(80)69-91-96(85,86)92-70-75(81)71-93-97(87,88)94-73-76(95-79(84)67-64-61-58-55-50-21-18-15-12-9-6-3)72-90-78(83)66-63-60-57-54-52-48-46-25-23-20-17-14-11-8-5-2/h16-17,19-20,24-26,28-29,31-32,46,74-76,80-81H,4-15,18,21-23,27,30,33-45,47-73H2,1-3H3,(H,85,86)(H,87,88)/b19-16-,20-17-,26-24-,29-28-,32-31-,46-25-. The number of carbonyl (C=O) groups is 3. The average Bonchev–Trinajstić information content (AvgIpc) is 2.25. The summed E-state index contributed by atoms with van der Waals surface area (Å²) in [5, 5.41) is 20.6. The lowest BCUT2D eigenvalue weighted by atomic mass is 10.0. The van der Waals surface area contributed by atoms with Crippen LogP contribution >= 0.6 is 15.6 Å². The number of phosphoric ester groups is 2. The Balaban J connectivity index is 4.26. The topological polar surface area (TPSA) is 231 Å². The molecule has 5 atom stereocenters. The first kappa shape index (κ1) is 94.0. The monoisotopic (exact) mass is 1410 g/mol. The van der Waals surface area contributed by atoms with Crippen molar-refractivity contribution in [1.29, 1.82) is 0 Å². The molecule has 0 saturated carbocycles. The summed E-state index contributed by atoms with van der Waals surface area (Å²) in [5.41, 5.74) is 0. The Morgan fingerprint density at radius 1 is 0.289 bits per heavy atom. The van der Waals surface area contributed by atoms with Crippen LogP contribution in [-0.4, -0.2) is 95.9 Å². The Morgan fingerprint density at radius 2 is 0.515 bits per heavy atom. The molecule has 0 fully saturated rings. The van der Waals surface area contributed by atoms with Gasteiger partial charge in [0.2, 0.25) is 0 Å². The fourth-order valence-electron chi connectivity index (χ4n) is 10.9. The van der Waals surface area contributed by atoms with E-state index >= 15 is 0 Å². The molecule has 0 rings (SSSR count). The van der Waals surface area contributed by atoms with Gasteiger partial charge in [-0.2, -0.15) is 0 Å². The zero-order valence-corrected chi connectivity index (χ0v) is 63.5. The summed E-state index contributed by atoms with van der Waals surface area (Å²) in [6, 6.07) is 0. The van der Waals surface area contributed by atoms with E-state index in [1.165, 1.54) is 186 Å². The Bertz CT molecular complexity index is 2060. The van der Waals surface area contributed by atoms with Crippen LogP contribution < -0.4 is 0 Å². The molecule has 0 aromatic carbocycles. The second kappa shape index (κ2) is 72.8. The van der Waals surface area contributed by atoms with Crippen molar-refractivity contribution in [2.45, 2.75) is 373 Å². The number of aliphatic hydroxyl groups excluding tert-OH is 2. The SMILES string of the molecule is CCCCC/C=C\C/C=C\C/C=C\C/C=C\CCCCCCCCCCCCCCCCCCCCCC(=O)OCC(O)COP(=O)(O)OCC(O)COP(=O)(O)OCC(COC(=O)CCCCCCC/C=C\C/C=C\CCCCC)OC(=O)CCCCCCCCCCCCC. The molecule has 97 heavy (non-hydrogen) atoms. The van der Waals surface area contributed by atoms with E-state index in [1.54, 1.807) is 0 Å². The number of aliphatic hydroxyl groups is 2. The highest BCUT2D eigenvalue weighted by molar-refractivity contribution is 7.47. The predicted molar refractivity (Wildman–Crippen MR) is 399 cm³/mol. The molecule has 18 heteroatoms. The highest BCUT2D eigenvalue weighted by Gasteiger charge is 2.29. The van der Waals surface area contributed by atoms with E-state index in [2.05, 4.69) is 93.7 Å². The normalized spacial score (nSPS) is 14.4. The summed E-state index contributed by atoms with van der Waals surface area (Å²) in [4.78, 5) is 58.4. The maximum atomic E-state index is 12.9. The number of carbonyl (C=O) groups excluding carboxylic acids is 3. The Labute approximate surface area is 592 Å². The Hall–Kier alpha value is -3.01. The molecular formula is C79H144O16P2. The first-order chi connectivity index (χ1) is 47.2. The van der Waals surface area contributed by atoms with Crippen molar-refractivity contribution in [2.75, 3.05) is 39.6 Å². The number of phosphoric acid groups is 2. The molecule has 0 aromatic heterocycles. The fraction of sp³-hybridized carbons (Fsp3) is 0.810. The van der Waals surface area contributed by atoms with Gasteiger partial charge in [0.05, 0.1) is 26.4 Å². The third-order valence-electron chi connectivity index (χ3n) is 16.9. The Morgan fingerprint density at radius 3 is 0.835 bits per heavy atom. The van der Waals surface area contributed by atoms with E-state index < -0.39 is 91.5 Å². The van der Waals surface area contributed by atoms with Gasteiger partial charge in [-0.1, -0.05) is 312 Å². The largest absolute Gasteiger partial charge is 0.472 e. The molecule has 0 aliphatic rings. The van der Waals surface area contributed by atoms with E-state index in [1.807, 2.05) is 0 Å². The van der Waals surface area contributed by atoms with Crippen LogP contribution in [0.25, 0.3) is 0 Å². The van der Waals surface area contributed by atoms with Crippen molar-refractivity contribution in [3.8, 4) is 0 Å². The van der Waals surface area contributed by atoms with Gasteiger partial charge in [0.15, 0.2) is 6.10 Å². The van der Waals surface area contributed by atoms with Crippen LogP contribution in [0.5, 0.6) is 0 Å². The van der Waals surface area contributed by atoms with Gasteiger partial charge in [-0.15, -0.1) is 0 Å². The van der Waals surface area contributed by atoms with Crippen molar-refractivity contribution in [1.82, 2.24) is 0 Å². The van der Waals surface area contributed by atoms with E-state index in [0.29, 0.717) is 19.3 Å². The van der Waals surface area contributed by atoms with Gasteiger partial charge in [-0.3, -0.25) is 32.5 Å². The number of esters is 3. The van der Waals surface area contributed by atoms with Crippen LogP contribution in [0, 0.1) is 0 Å². The molecule has 16 nitrogen and oxygen atoms in total.